The van der Waals surface area contributed by atoms with E-state index in [1.807, 2.05) is 0 Å². The van der Waals surface area contributed by atoms with Gasteiger partial charge in [-0.2, -0.15) is 0 Å². The Labute approximate surface area is 549 Å². The van der Waals surface area contributed by atoms with Crippen molar-refractivity contribution in [3.63, 3.8) is 0 Å². The maximum Gasteiger partial charge on any atom is 0.472 e. The zero-order valence-electron chi connectivity index (χ0n) is 58.6. The molecular weight excluding hydrogens is 1190 g/mol. The molecule has 3 unspecified atom stereocenters. The van der Waals surface area contributed by atoms with Gasteiger partial charge in [0.15, 0.2) is 12.2 Å². The molecule has 0 aliphatic heterocycles. The van der Waals surface area contributed by atoms with E-state index in [1.165, 1.54) is 167 Å². The summed E-state index contributed by atoms with van der Waals surface area (Å²) >= 11 is 0. The Kier molecular flexibility index (Phi) is 60.6. The minimum absolute atomic E-state index is 0.104. The summed E-state index contributed by atoms with van der Waals surface area (Å²) in [5.41, 5.74) is 0. The molecule has 6 atom stereocenters. The minimum atomic E-state index is -4.95. The average molecular weight is 1330 g/mol. The van der Waals surface area contributed by atoms with Gasteiger partial charge in [-0.1, -0.05) is 305 Å². The molecule has 17 nitrogen and oxygen atoms in total. The summed E-state index contributed by atoms with van der Waals surface area (Å²) in [5, 5.41) is 10.6. The van der Waals surface area contributed by atoms with E-state index in [-0.39, 0.29) is 25.7 Å². The van der Waals surface area contributed by atoms with Crippen LogP contribution in [-0.4, -0.2) is 96.7 Å². The molecule has 0 fully saturated rings. The van der Waals surface area contributed by atoms with E-state index in [1.54, 1.807) is 0 Å². The van der Waals surface area contributed by atoms with E-state index >= 15 is 0 Å². The number of carbonyl (C=O) groups is 4. The third-order valence-electron chi connectivity index (χ3n) is 16.7. The molecule has 0 aliphatic rings. The van der Waals surface area contributed by atoms with Gasteiger partial charge in [0.05, 0.1) is 26.4 Å². The molecule has 0 aromatic carbocycles. The predicted octanol–water partition coefficient (Wildman–Crippen LogP) is 20.2. The van der Waals surface area contributed by atoms with E-state index in [0.717, 1.165) is 108 Å². The van der Waals surface area contributed by atoms with Crippen LogP contribution in [0.4, 0.5) is 0 Å². The lowest BCUT2D eigenvalue weighted by molar-refractivity contribution is -0.161. The maximum atomic E-state index is 13.0. The second-order valence-electron chi connectivity index (χ2n) is 26.8. The van der Waals surface area contributed by atoms with Crippen LogP contribution in [0.25, 0.3) is 0 Å². The molecule has 0 saturated carbocycles. The number of hydrogen-bond acceptors (Lipinski definition) is 15. The fourth-order valence-electron chi connectivity index (χ4n) is 10.7. The van der Waals surface area contributed by atoms with Crippen LogP contribution in [0.1, 0.15) is 357 Å². The number of hydrogen-bond donors (Lipinski definition) is 3. The number of phosphoric ester groups is 2. The Morgan fingerprint density at radius 1 is 0.322 bits per heavy atom. The van der Waals surface area contributed by atoms with E-state index in [4.69, 9.17) is 37.0 Å². The summed E-state index contributed by atoms with van der Waals surface area (Å²) in [6, 6.07) is 0. The second kappa shape index (κ2) is 61.9. The fourth-order valence-corrected chi connectivity index (χ4v) is 12.3. The molecule has 0 aromatic heterocycles. The molecule has 0 amide bonds. The molecule has 534 valence electrons. The average Bonchev–Trinajstić information content (AvgIpc) is 2.98. The minimum Gasteiger partial charge on any atom is -0.462 e. The van der Waals surface area contributed by atoms with Crippen LogP contribution < -0.4 is 0 Å². The zero-order valence-corrected chi connectivity index (χ0v) is 60.4. The summed E-state index contributed by atoms with van der Waals surface area (Å²) < 4.78 is 68.3. The van der Waals surface area contributed by atoms with Crippen molar-refractivity contribution in [2.24, 2.45) is 17.8 Å². The topological polar surface area (TPSA) is 237 Å². The SMILES string of the molecule is CCCCCCCCCCCC(=O)OC[C@H](COP(=O)(O)OC[C@H](O)COP(=O)(O)OC[C@@H](COC(=O)CCCCCCCCCCCC(C)C)OC(=O)CCCCCCCCCCCCCCCCC(C)CC)OC(=O)CCCCCCCCCCC(C)C. The van der Waals surface area contributed by atoms with Crippen LogP contribution in [0.3, 0.4) is 0 Å². The highest BCUT2D eigenvalue weighted by atomic mass is 31.2. The van der Waals surface area contributed by atoms with Gasteiger partial charge in [0.25, 0.3) is 0 Å². The molecule has 0 radical (unpaired) electrons. The Morgan fingerprint density at radius 3 is 0.844 bits per heavy atom. The van der Waals surface area contributed by atoms with Crippen LogP contribution in [0.15, 0.2) is 0 Å². The first-order valence-electron chi connectivity index (χ1n) is 36.9. The maximum absolute atomic E-state index is 13.0. The van der Waals surface area contributed by atoms with E-state index in [2.05, 4.69) is 48.5 Å². The number of rotatable bonds is 69. The van der Waals surface area contributed by atoms with E-state index < -0.39 is 97.5 Å². The molecule has 0 heterocycles. The highest BCUT2D eigenvalue weighted by Crippen LogP contribution is 2.45. The van der Waals surface area contributed by atoms with Gasteiger partial charge in [0, 0.05) is 25.7 Å². The molecule has 3 N–H and O–H groups in total. The third-order valence-corrected chi connectivity index (χ3v) is 18.6. The Balaban J connectivity index is 5.22. The second-order valence-corrected chi connectivity index (χ2v) is 29.7. The summed E-state index contributed by atoms with van der Waals surface area (Å²) in [4.78, 5) is 72.5. The summed E-state index contributed by atoms with van der Waals surface area (Å²) in [6.07, 6.45) is 45.8. The molecule has 19 heteroatoms. The predicted molar refractivity (Wildman–Crippen MR) is 363 cm³/mol. The van der Waals surface area contributed by atoms with Gasteiger partial charge in [-0.25, -0.2) is 9.13 Å². The lowest BCUT2D eigenvalue weighted by Crippen LogP contribution is -2.30. The number of aliphatic hydroxyl groups is 1. The molecule has 0 aromatic rings. The first-order valence-corrected chi connectivity index (χ1v) is 39.9. The molecule has 0 rings (SSSR count). The smallest absolute Gasteiger partial charge is 0.462 e. The fraction of sp³-hybridized carbons (Fsp3) is 0.944. The van der Waals surface area contributed by atoms with Gasteiger partial charge in [-0.3, -0.25) is 37.3 Å². The van der Waals surface area contributed by atoms with Gasteiger partial charge in [0.1, 0.15) is 19.3 Å². The van der Waals surface area contributed by atoms with Crippen LogP contribution in [-0.2, 0) is 65.4 Å². The van der Waals surface area contributed by atoms with E-state index in [9.17, 15) is 43.2 Å². The Morgan fingerprint density at radius 2 is 0.567 bits per heavy atom. The van der Waals surface area contributed by atoms with Crippen molar-refractivity contribution < 1.29 is 80.2 Å². The molecule has 0 aliphatic carbocycles. The number of esters is 4. The van der Waals surface area contributed by atoms with Gasteiger partial charge < -0.3 is 33.8 Å². The summed E-state index contributed by atoms with van der Waals surface area (Å²) in [7, 11) is -9.90. The van der Waals surface area contributed by atoms with Crippen molar-refractivity contribution in [2.45, 2.75) is 375 Å². The van der Waals surface area contributed by atoms with Gasteiger partial charge in [-0.15, -0.1) is 0 Å². The standard InChI is InChI=1S/C71H138O17P2/c1-8-10-11-12-13-21-31-38-45-52-68(73)81-58-67(88-71(76)55-48-41-34-27-26-29-36-43-50-63(5)6)61-86-90(79,80)84-57-65(72)56-83-89(77,78)85-60-66(59-82-69(74)53-46-39-32-25-20-22-28-35-42-49-62(3)4)87-70(75)54-47-40-33-24-19-17-15-14-16-18-23-30-37-44-51-64(7)9-2/h62-67,72H,8-61H2,1-7H3,(H,77,78)(H,79,80)/t64?,65-,66-,67-/m1/s1. The Bertz CT molecular complexity index is 1770. The van der Waals surface area contributed by atoms with Crippen molar-refractivity contribution in [3.05, 3.63) is 0 Å². The van der Waals surface area contributed by atoms with Crippen molar-refractivity contribution >= 4 is 39.5 Å². The zero-order chi connectivity index (χ0) is 66.6. The lowest BCUT2D eigenvalue weighted by Gasteiger charge is -2.21. The van der Waals surface area contributed by atoms with Crippen LogP contribution in [0.5, 0.6) is 0 Å². The van der Waals surface area contributed by atoms with Gasteiger partial charge in [-0.05, 0) is 43.4 Å². The van der Waals surface area contributed by atoms with Gasteiger partial charge in [0.2, 0.25) is 0 Å². The Hall–Kier alpha value is -1.94. The third kappa shape index (κ3) is 63.5. The van der Waals surface area contributed by atoms with Crippen molar-refractivity contribution in [1.29, 1.82) is 0 Å². The van der Waals surface area contributed by atoms with Crippen LogP contribution in [0.2, 0.25) is 0 Å². The monoisotopic (exact) mass is 1320 g/mol. The number of aliphatic hydroxyl groups excluding tert-OH is 1. The molecule has 0 saturated heterocycles. The normalized spacial score (nSPS) is 14.5. The van der Waals surface area contributed by atoms with E-state index in [0.29, 0.717) is 25.7 Å². The molecule has 0 spiro atoms. The quantitative estimate of drug-likeness (QED) is 0.0222. The van der Waals surface area contributed by atoms with Crippen molar-refractivity contribution in [3.8, 4) is 0 Å². The summed E-state index contributed by atoms with van der Waals surface area (Å²) in [5.74, 6) is 0.181. The first kappa shape index (κ1) is 88.1. The number of carbonyl (C=O) groups excluding carboxylic acids is 4. The first-order chi connectivity index (χ1) is 43.3. The highest BCUT2D eigenvalue weighted by Gasteiger charge is 2.30. The molecule has 90 heavy (non-hydrogen) atoms. The molecular formula is C71H138O17P2. The van der Waals surface area contributed by atoms with Crippen molar-refractivity contribution in [2.75, 3.05) is 39.6 Å². The number of ether oxygens (including phenoxy) is 4. The molecule has 0 bridgehead atoms. The van der Waals surface area contributed by atoms with Crippen LogP contribution in [0, 0.1) is 17.8 Å². The summed E-state index contributed by atoms with van der Waals surface area (Å²) in [6.45, 7) is 11.8. The largest absolute Gasteiger partial charge is 0.472 e. The number of unbranched alkanes of at least 4 members (excludes halogenated alkanes) is 36. The van der Waals surface area contributed by atoms with Crippen molar-refractivity contribution in [1.82, 2.24) is 0 Å². The van der Waals surface area contributed by atoms with Crippen LogP contribution >= 0.6 is 15.6 Å². The van der Waals surface area contributed by atoms with Gasteiger partial charge >= 0.3 is 39.5 Å². The lowest BCUT2D eigenvalue weighted by atomic mass is 9.99. The number of phosphoric acid groups is 2. The highest BCUT2D eigenvalue weighted by molar-refractivity contribution is 7.47.